The molecule has 0 saturated carbocycles. The molecule has 0 aliphatic carbocycles. The van der Waals surface area contributed by atoms with E-state index in [1.54, 1.807) is 0 Å². The second-order valence-electron chi connectivity index (χ2n) is 6.97. The molecule has 2 aliphatic rings. The van der Waals surface area contributed by atoms with Gasteiger partial charge in [-0.25, -0.2) is 0 Å². The van der Waals surface area contributed by atoms with Crippen LogP contribution in [0.1, 0.15) is 29.5 Å². The molecule has 1 fully saturated rings. The van der Waals surface area contributed by atoms with Crippen molar-refractivity contribution < 1.29 is 0 Å². The molecule has 0 amide bonds. The minimum atomic E-state index is 0.104. The molecule has 0 atom stereocenters. The van der Waals surface area contributed by atoms with Crippen LogP contribution in [0.5, 0.6) is 0 Å². The van der Waals surface area contributed by atoms with E-state index in [4.69, 9.17) is 10.3 Å². The van der Waals surface area contributed by atoms with E-state index in [1.165, 1.54) is 11.3 Å². The normalized spacial score (nSPS) is 19.9. The Morgan fingerprint density at radius 2 is 1.92 bits per heavy atom. The number of para-hydroxylation sites is 1. The van der Waals surface area contributed by atoms with Crippen LogP contribution in [0.25, 0.3) is 0 Å². The van der Waals surface area contributed by atoms with Crippen LogP contribution in [0.15, 0.2) is 53.5 Å². The maximum atomic E-state index is 9.08. The van der Waals surface area contributed by atoms with Gasteiger partial charge in [0.25, 0.3) is 0 Å². The Balaban J connectivity index is 1.66. The average molecular weight is 330 g/mol. The lowest BCUT2D eigenvalue weighted by Crippen LogP contribution is -2.48. The van der Waals surface area contributed by atoms with E-state index in [0.29, 0.717) is 12.1 Å². The number of anilines is 1. The maximum absolute atomic E-state index is 9.08. The number of nitriles is 1. The lowest BCUT2D eigenvalue weighted by atomic mass is 9.71. The SMILES string of the molecule is N#Cc1cccc(CN=C2Nc3ccccc3CC23CCNCC3)c1. The summed E-state index contributed by atoms with van der Waals surface area (Å²) in [5.41, 5.74) is 4.44. The zero-order valence-corrected chi connectivity index (χ0v) is 14.3. The number of benzene rings is 2. The summed E-state index contributed by atoms with van der Waals surface area (Å²) in [5.74, 6) is 1.11. The summed E-state index contributed by atoms with van der Waals surface area (Å²) in [6, 6.07) is 18.5. The van der Waals surface area contributed by atoms with Gasteiger partial charge >= 0.3 is 0 Å². The molecule has 4 heteroatoms. The van der Waals surface area contributed by atoms with E-state index >= 15 is 0 Å². The molecule has 2 aromatic rings. The molecule has 25 heavy (non-hydrogen) atoms. The number of hydrogen-bond donors (Lipinski definition) is 2. The van der Waals surface area contributed by atoms with Crippen LogP contribution in [-0.2, 0) is 13.0 Å². The zero-order valence-electron chi connectivity index (χ0n) is 14.3. The fourth-order valence-electron chi connectivity index (χ4n) is 3.94. The standard InChI is InChI=1S/C21H22N4/c22-14-16-4-3-5-17(12-16)15-24-20-21(8-10-23-11-9-21)13-18-6-1-2-7-19(18)25-20/h1-7,12,23H,8-11,13,15H2,(H,24,25). The fraction of sp³-hybridized carbons (Fsp3) is 0.333. The fourth-order valence-corrected chi connectivity index (χ4v) is 3.94. The van der Waals surface area contributed by atoms with Gasteiger partial charge in [0.2, 0.25) is 0 Å². The molecule has 4 rings (SSSR count). The van der Waals surface area contributed by atoms with Gasteiger partial charge in [0.1, 0.15) is 5.84 Å². The molecule has 0 radical (unpaired) electrons. The van der Waals surface area contributed by atoms with E-state index in [-0.39, 0.29) is 5.41 Å². The van der Waals surface area contributed by atoms with Crippen LogP contribution < -0.4 is 10.6 Å². The smallest absolute Gasteiger partial charge is 0.108 e. The number of aliphatic imine (C=N–C) groups is 1. The third kappa shape index (κ3) is 3.16. The highest BCUT2D eigenvalue weighted by Gasteiger charge is 2.40. The van der Waals surface area contributed by atoms with Crippen molar-refractivity contribution in [2.75, 3.05) is 18.4 Å². The summed E-state index contributed by atoms with van der Waals surface area (Å²) in [4.78, 5) is 4.97. The quantitative estimate of drug-likeness (QED) is 0.886. The number of rotatable bonds is 2. The molecular formula is C21H22N4. The molecule has 0 bridgehead atoms. The minimum absolute atomic E-state index is 0.104. The van der Waals surface area contributed by atoms with Crippen molar-refractivity contribution in [2.24, 2.45) is 10.4 Å². The maximum Gasteiger partial charge on any atom is 0.108 e. The van der Waals surface area contributed by atoms with Crippen LogP contribution >= 0.6 is 0 Å². The van der Waals surface area contributed by atoms with E-state index in [9.17, 15) is 0 Å². The first-order valence-corrected chi connectivity index (χ1v) is 8.89. The van der Waals surface area contributed by atoms with Crippen LogP contribution in [0.4, 0.5) is 5.69 Å². The summed E-state index contributed by atoms with van der Waals surface area (Å²) in [5, 5.41) is 16.2. The molecule has 126 valence electrons. The number of piperidine rings is 1. The van der Waals surface area contributed by atoms with Gasteiger partial charge in [0, 0.05) is 11.1 Å². The summed E-state index contributed by atoms with van der Waals surface area (Å²) in [6.45, 7) is 2.68. The van der Waals surface area contributed by atoms with Crippen LogP contribution in [-0.4, -0.2) is 18.9 Å². The summed E-state index contributed by atoms with van der Waals surface area (Å²) >= 11 is 0. The summed E-state index contributed by atoms with van der Waals surface area (Å²) in [6.07, 6.45) is 3.26. The Labute approximate surface area is 148 Å². The Morgan fingerprint density at radius 1 is 1.08 bits per heavy atom. The zero-order chi connectivity index (χ0) is 17.1. The molecule has 4 nitrogen and oxygen atoms in total. The Hall–Kier alpha value is -2.64. The predicted octanol–water partition coefficient (Wildman–Crippen LogP) is 3.49. The number of nitrogens with zero attached hydrogens (tertiary/aromatic N) is 2. The van der Waals surface area contributed by atoms with Gasteiger partial charge in [0.15, 0.2) is 0 Å². The van der Waals surface area contributed by atoms with Crippen molar-refractivity contribution >= 4 is 11.5 Å². The van der Waals surface area contributed by atoms with Gasteiger partial charge in [-0.3, -0.25) is 4.99 Å². The largest absolute Gasteiger partial charge is 0.343 e. The highest BCUT2D eigenvalue weighted by atomic mass is 15.0. The van der Waals surface area contributed by atoms with Crippen molar-refractivity contribution in [3.05, 3.63) is 65.2 Å². The van der Waals surface area contributed by atoms with Crippen molar-refractivity contribution in [1.29, 1.82) is 5.26 Å². The molecule has 0 aromatic heterocycles. The van der Waals surface area contributed by atoms with Gasteiger partial charge in [-0.15, -0.1) is 0 Å². The first kappa shape index (κ1) is 15.9. The molecule has 2 aromatic carbocycles. The molecular weight excluding hydrogens is 308 g/mol. The number of fused-ring (bicyclic) bond motifs is 1. The van der Waals surface area contributed by atoms with E-state index in [2.05, 4.69) is 41.0 Å². The second kappa shape index (κ2) is 6.70. The lowest BCUT2D eigenvalue weighted by Gasteiger charge is -2.42. The van der Waals surface area contributed by atoms with Gasteiger partial charge in [-0.1, -0.05) is 30.3 Å². The Morgan fingerprint density at radius 3 is 2.76 bits per heavy atom. The van der Waals surface area contributed by atoms with Gasteiger partial charge < -0.3 is 10.6 Å². The Bertz CT molecular complexity index is 841. The van der Waals surface area contributed by atoms with Crippen molar-refractivity contribution in [2.45, 2.75) is 25.8 Å². The third-order valence-electron chi connectivity index (χ3n) is 5.34. The second-order valence-corrected chi connectivity index (χ2v) is 6.97. The molecule has 1 spiro atoms. The molecule has 2 heterocycles. The van der Waals surface area contributed by atoms with Crippen molar-refractivity contribution in [1.82, 2.24) is 5.32 Å². The molecule has 0 unspecified atom stereocenters. The van der Waals surface area contributed by atoms with Gasteiger partial charge in [0.05, 0.1) is 18.2 Å². The van der Waals surface area contributed by atoms with E-state index in [1.807, 2.05) is 24.3 Å². The summed E-state index contributed by atoms with van der Waals surface area (Å²) < 4.78 is 0. The lowest BCUT2D eigenvalue weighted by molar-refractivity contribution is 0.293. The minimum Gasteiger partial charge on any atom is -0.343 e. The third-order valence-corrected chi connectivity index (χ3v) is 5.34. The van der Waals surface area contributed by atoms with Crippen LogP contribution in [0, 0.1) is 16.7 Å². The number of nitrogens with one attached hydrogen (secondary N) is 2. The summed E-state index contributed by atoms with van der Waals surface area (Å²) in [7, 11) is 0. The monoisotopic (exact) mass is 330 g/mol. The number of amidine groups is 1. The van der Waals surface area contributed by atoms with E-state index < -0.39 is 0 Å². The Kier molecular flexibility index (Phi) is 4.25. The van der Waals surface area contributed by atoms with Gasteiger partial charge in [-0.05, 0) is 61.7 Å². The highest BCUT2D eigenvalue weighted by Crippen LogP contribution is 2.40. The average Bonchev–Trinajstić information content (AvgIpc) is 2.67. The number of hydrogen-bond acceptors (Lipinski definition) is 3. The molecule has 2 N–H and O–H groups in total. The molecule has 1 saturated heterocycles. The van der Waals surface area contributed by atoms with E-state index in [0.717, 1.165) is 43.8 Å². The highest BCUT2D eigenvalue weighted by molar-refractivity contribution is 6.02. The van der Waals surface area contributed by atoms with Crippen LogP contribution in [0.3, 0.4) is 0 Å². The van der Waals surface area contributed by atoms with Crippen LogP contribution in [0.2, 0.25) is 0 Å². The van der Waals surface area contributed by atoms with Crippen molar-refractivity contribution in [3.8, 4) is 6.07 Å². The van der Waals surface area contributed by atoms with Gasteiger partial charge in [-0.2, -0.15) is 5.26 Å². The molecule has 2 aliphatic heterocycles. The first-order valence-electron chi connectivity index (χ1n) is 8.89. The topological polar surface area (TPSA) is 60.2 Å². The first-order chi connectivity index (χ1) is 12.3. The van der Waals surface area contributed by atoms with Crippen molar-refractivity contribution in [3.63, 3.8) is 0 Å². The predicted molar refractivity (Wildman–Crippen MR) is 101 cm³/mol.